The van der Waals surface area contributed by atoms with Crippen LogP contribution in [0.3, 0.4) is 0 Å². The molecule has 0 spiro atoms. The van der Waals surface area contributed by atoms with Gasteiger partial charge in [-0.2, -0.15) is 0 Å². The second-order valence-corrected chi connectivity index (χ2v) is 10.6. The van der Waals surface area contributed by atoms with Gasteiger partial charge in [0, 0.05) is 37.9 Å². The lowest BCUT2D eigenvalue weighted by atomic mass is 10.0. The summed E-state index contributed by atoms with van der Waals surface area (Å²) in [5.74, 6) is 0.241. The first-order valence-corrected chi connectivity index (χ1v) is 14.1. The molecule has 1 aliphatic heterocycles. The number of hydrogen-bond donors (Lipinski definition) is 2. The van der Waals surface area contributed by atoms with Crippen LogP contribution in [0.15, 0.2) is 85.1 Å². The highest BCUT2D eigenvalue weighted by Crippen LogP contribution is 2.32. The Morgan fingerprint density at radius 3 is 2.70 bits per heavy atom. The molecule has 10 heteroatoms. The smallest absolute Gasteiger partial charge is 0.291 e. The number of hydrogen-bond acceptors (Lipinski definition) is 7. The minimum absolute atomic E-state index is 0.0400. The topological polar surface area (TPSA) is 130 Å². The van der Waals surface area contributed by atoms with Crippen molar-refractivity contribution in [2.45, 2.75) is 31.7 Å². The van der Waals surface area contributed by atoms with E-state index in [-0.39, 0.29) is 24.1 Å². The Bertz CT molecular complexity index is 1800. The van der Waals surface area contributed by atoms with E-state index in [1.807, 2.05) is 72.8 Å². The highest BCUT2D eigenvalue weighted by Gasteiger charge is 2.31. The third-order valence-corrected chi connectivity index (χ3v) is 7.44. The largest absolute Gasteiger partial charge is 0.489 e. The third kappa shape index (κ3) is 6.43. The first kappa shape index (κ1) is 27.8. The number of carbonyl (C=O) groups is 3. The van der Waals surface area contributed by atoms with Crippen molar-refractivity contribution in [3.8, 4) is 5.75 Å². The van der Waals surface area contributed by atoms with Crippen molar-refractivity contribution in [2.24, 2.45) is 0 Å². The Kier molecular flexibility index (Phi) is 7.90. The quantitative estimate of drug-likeness (QED) is 0.274. The number of fused-ring (bicyclic) bond motifs is 2. The van der Waals surface area contributed by atoms with Crippen molar-refractivity contribution >= 4 is 34.2 Å². The van der Waals surface area contributed by atoms with Crippen LogP contribution in [-0.4, -0.2) is 57.5 Å². The van der Waals surface area contributed by atoms with Crippen molar-refractivity contribution in [1.29, 1.82) is 0 Å². The van der Waals surface area contributed by atoms with Gasteiger partial charge in [-0.15, -0.1) is 5.10 Å². The summed E-state index contributed by atoms with van der Waals surface area (Å²) in [7, 11) is 1.64. The molecule has 2 N–H and O–H groups in total. The summed E-state index contributed by atoms with van der Waals surface area (Å²) >= 11 is 0. The molecule has 1 aliphatic rings. The maximum absolute atomic E-state index is 13.3. The van der Waals surface area contributed by atoms with E-state index in [1.54, 1.807) is 19.3 Å². The number of nitrogens with zero attached hydrogens (tertiary/aromatic N) is 4. The summed E-state index contributed by atoms with van der Waals surface area (Å²) in [6.45, 7) is -0.0400. The van der Waals surface area contributed by atoms with Gasteiger partial charge in [-0.05, 0) is 47.4 Å². The standard InChI is InChI=1S/C33H30N6O4/c1-39-28-18-22(10-13-25(40)16-23-9-12-24-8-5-15-34-26(24)17-23)11-14-29(28)43-20-27(33(39)42)35-32(41)31-36-30(37-38-31)19-21-6-3-2-4-7-21/h2-9,11-12,14-15,17-18,27H,10,13,16,19-20H2,1H3,(H,35,41)(H,36,37,38). The lowest BCUT2D eigenvalue weighted by Gasteiger charge is -2.20. The Morgan fingerprint density at radius 2 is 1.84 bits per heavy atom. The zero-order valence-electron chi connectivity index (χ0n) is 23.6. The first-order valence-electron chi connectivity index (χ1n) is 14.1. The second-order valence-electron chi connectivity index (χ2n) is 10.6. The Hall–Kier alpha value is -5.38. The van der Waals surface area contributed by atoms with E-state index in [2.05, 4.69) is 25.5 Å². The number of carbonyl (C=O) groups excluding carboxylic acids is 3. The van der Waals surface area contributed by atoms with Gasteiger partial charge < -0.3 is 15.0 Å². The zero-order chi connectivity index (χ0) is 29.8. The van der Waals surface area contributed by atoms with Crippen molar-refractivity contribution in [2.75, 3.05) is 18.6 Å². The molecule has 2 amide bonds. The van der Waals surface area contributed by atoms with Crippen LogP contribution < -0.4 is 15.0 Å². The average molecular weight is 575 g/mol. The molecule has 1 unspecified atom stereocenters. The number of ether oxygens (including phenoxy) is 1. The molecule has 6 rings (SSSR count). The van der Waals surface area contributed by atoms with Crippen LogP contribution >= 0.6 is 0 Å². The number of aromatic nitrogens is 4. The van der Waals surface area contributed by atoms with Gasteiger partial charge in [0.1, 0.15) is 30.0 Å². The summed E-state index contributed by atoms with van der Waals surface area (Å²) in [5, 5.41) is 10.6. The number of aryl methyl sites for hydroxylation is 1. The van der Waals surface area contributed by atoms with Crippen LogP contribution in [0.5, 0.6) is 5.75 Å². The minimum Gasteiger partial charge on any atom is -0.489 e. The number of ketones is 1. The van der Waals surface area contributed by atoms with Crippen LogP contribution in [0.1, 0.15) is 39.6 Å². The molecule has 5 aromatic rings. The summed E-state index contributed by atoms with van der Waals surface area (Å²) in [4.78, 5) is 49.1. The SMILES string of the molecule is CN1C(=O)C(NC(=O)c2n[nH]c(Cc3ccccc3)n2)COc2ccc(CCC(=O)Cc3ccc4cccnc4c3)cc21. The molecule has 0 bridgehead atoms. The molecule has 0 fully saturated rings. The normalized spacial score (nSPS) is 14.6. The van der Waals surface area contributed by atoms with E-state index in [0.717, 1.165) is 27.6 Å². The van der Waals surface area contributed by atoms with Crippen LogP contribution in [0, 0.1) is 0 Å². The molecule has 43 heavy (non-hydrogen) atoms. The lowest BCUT2D eigenvalue weighted by Crippen LogP contribution is -2.49. The maximum atomic E-state index is 13.3. The van der Waals surface area contributed by atoms with Crippen molar-refractivity contribution < 1.29 is 19.1 Å². The number of anilines is 1. The van der Waals surface area contributed by atoms with Crippen LogP contribution in [0.4, 0.5) is 5.69 Å². The van der Waals surface area contributed by atoms with E-state index in [4.69, 9.17) is 4.74 Å². The molecular formula is C33H30N6O4. The van der Waals surface area contributed by atoms with Gasteiger partial charge in [-0.3, -0.25) is 24.5 Å². The highest BCUT2D eigenvalue weighted by atomic mass is 16.5. The summed E-state index contributed by atoms with van der Waals surface area (Å²) in [6, 6.07) is 24.1. The number of benzene rings is 3. The number of nitrogens with one attached hydrogen (secondary N) is 2. The number of H-pyrrole nitrogens is 1. The molecule has 10 nitrogen and oxygen atoms in total. The van der Waals surface area contributed by atoms with Crippen molar-refractivity contribution in [1.82, 2.24) is 25.5 Å². The van der Waals surface area contributed by atoms with Gasteiger partial charge in [-0.25, -0.2) is 4.98 Å². The molecule has 0 aliphatic carbocycles. The zero-order valence-corrected chi connectivity index (χ0v) is 23.6. The first-order chi connectivity index (χ1) is 20.9. The number of aromatic amines is 1. The Balaban J connectivity index is 1.06. The van der Waals surface area contributed by atoms with Gasteiger partial charge in [0.15, 0.2) is 0 Å². The summed E-state index contributed by atoms with van der Waals surface area (Å²) in [6.07, 6.45) is 3.46. The number of amides is 2. The highest BCUT2D eigenvalue weighted by molar-refractivity contribution is 6.02. The Morgan fingerprint density at radius 1 is 1.00 bits per heavy atom. The van der Waals surface area contributed by atoms with Gasteiger partial charge in [0.25, 0.3) is 11.8 Å². The molecule has 3 aromatic carbocycles. The summed E-state index contributed by atoms with van der Waals surface area (Å²) < 4.78 is 5.92. The summed E-state index contributed by atoms with van der Waals surface area (Å²) in [5.41, 5.74) is 4.32. The fourth-order valence-corrected chi connectivity index (χ4v) is 5.11. The number of pyridine rings is 1. The number of likely N-dealkylation sites (N-methyl/N-ethyl adjacent to an activating group) is 1. The molecule has 0 saturated carbocycles. The van der Waals surface area contributed by atoms with E-state index in [9.17, 15) is 14.4 Å². The predicted molar refractivity (Wildman–Crippen MR) is 161 cm³/mol. The molecule has 0 radical (unpaired) electrons. The lowest BCUT2D eigenvalue weighted by molar-refractivity contribution is -0.120. The number of rotatable bonds is 9. The van der Waals surface area contributed by atoms with E-state index in [1.165, 1.54) is 4.90 Å². The molecule has 2 aromatic heterocycles. The van der Waals surface area contributed by atoms with Crippen molar-refractivity contribution in [3.63, 3.8) is 0 Å². The van der Waals surface area contributed by atoms with Gasteiger partial charge in [-0.1, -0.05) is 54.6 Å². The molecule has 216 valence electrons. The fourth-order valence-electron chi connectivity index (χ4n) is 5.11. The molecule has 3 heterocycles. The third-order valence-electron chi connectivity index (χ3n) is 7.44. The average Bonchev–Trinajstić information content (AvgIpc) is 3.46. The Labute approximate surface area is 248 Å². The second kappa shape index (κ2) is 12.2. The van der Waals surface area contributed by atoms with Crippen LogP contribution in [0.25, 0.3) is 10.9 Å². The molecular weight excluding hydrogens is 544 g/mol. The number of Topliss-reactive ketones (excluding diaryl/α,β-unsaturated/α-hetero) is 1. The van der Waals surface area contributed by atoms with Crippen LogP contribution in [-0.2, 0) is 28.9 Å². The van der Waals surface area contributed by atoms with E-state index < -0.39 is 11.9 Å². The van der Waals surface area contributed by atoms with Gasteiger partial charge in [0.2, 0.25) is 5.82 Å². The minimum atomic E-state index is -0.928. The maximum Gasteiger partial charge on any atom is 0.291 e. The van der Waals surface area contributed by atoms with Gasteiger partial charge >= 0.3 is 0 Å². The fraction of sp³-hybridized carbons (Fsp3) is 0.212. The van der Waals surface area contributed by atoms with Crippen molar-refractivity contribution in [3.05, 3.63) is 113 Å². The molecule has 0 saturated heterocycles. The van der Waals surface area contributed by atoms with Gasteiger partial charge in [0.05, 0.1) is 11.2 Å². The predicted octanol–water partition coefficient (Wildman–Crippen LogP) is 3.84. The monoisotopic (exact) mass is 574 g/mol. The molecule has 1 atom stereocenters. The van der Waals surface area contributed by atoms with E-state index >= 15 is 0 Å². The van der Waals surface area contributed by atoms with E-state index in [0.29, 0.717) is 42.9 Å². The van der Waals surface area contributed by atoms with Crippen LogP contribution in [0.2, 0.25) is 0 Å².